The van der Waals surface area contributed by atoms with Crippen LogP contribution in [0, 0.1) is 21.7 Å². The molecule has 0 aromatic heterocycles. The van der Waals surface area contributed by atoms with Gasteiger partial charge in [-0.05, 0) is 6.07 Å². The molecule has 1 aromatic rings. The van der Waals surface area contributed by atoms with Crippen molar-refractivity contribution in [1.29, 1.82) is 0 Å². The summed E-state index contributed by atoms with van der Waals surface area (Å²) in [5.41, 5.74) is -1.87. The highest BCUT2D eigenvalue weighted by atomic mass is 35.5. The van der Waals surface area contributed by atoms with Gasteiger partial charge in [-0.1, -0.05) is 18.2 Å². The lowest BCUT2D eigenvalue weighted by Crippen LogP contribution is -2.25. The second-order valence-corrected chi connectivity index (χ2v) is 3.78. The highest BCUT2D eigenvalue weighted by Crippen LogP contribution is 2.22. The third kappa shape index (κ3) is 3.24. The molecule has 1 amide bonds. The normalized spacial score (nSPS) is 9.94. The topological polar surface area (TPSA) is 72.2 Å². The summed E-state index contributed by atoms with van der Waals surface area (Å²) in [6, 6.07) is 0.960. The van der Waals surface area contributed by atoms with E-state index in [0.29, 0.717) is 12.1 Å². The number of hydrogen-bond acceptors (Lipinski definition) is 3. The largest absolute Gasteiger partial charge is 0.347 e. The Bertz CT molecular complexity index is 534. The molecule has 0 bridgehead atoms. The van der Waals surface area contributed by atoms with Gasteiger partial charge in [0, 0.05) is 5.03 Å². The van der Waals surface area contributed by atoms with Crippen LogP contribution in [0.2, 0.25) is 0 Å². The van der Waals surface area contributed by atoms with E-state index in [4.69, 9.17) is 11.6 Å². The van der Waals surface area contributed by atoms with Gasteiger partial charge in [0.15, 0.2) is 0 Å². The Morgan fingerprint density at radius 2 is 2.11 bits per heavy atom. The maximum absolute atomic E-state index is 13.6. The predicted octanol–water partition coefficient (Wildman–Crippen LogP) is 2.36. The van der Waals surface area contributed by atoms with Gasteiger partial charge in [-0.3, -0.25) is 14.9 Å². The molecule has 0 spiro atoms. The lowest BCUT2D eigenvalue weighted by molar-refractivity contribution is -0.387. The number of carbonyl (C=O) groups excluding carboxylic acids is 1. The van der Waals surface area contributed by atoms with E-state index in [1.54, 1.807) is 0 Å². The summed E-state index contributed by atoms with van der Waals surface area (Å²) >= 11 is 5.38. The number of rotatable bonds is 4. The van der Waals surface area contributed by atoms with Crippen molar-refractivity contribution >= 4 is 23.2 Å². The van der Waals surface area contributed by atoms with Crippen molar-refractivity contribution in [3.63, 3.8) is 0 Å². The second-order valence-electron chi connectivity index (χ2n) is 3.24. The van der Waals surface area contributed by atoms with Crippen molar-refractivity contribution < 1.29 is 18.5 Å². The Morgan fingerprint density at radius 1 is 1.50 bits per heavy atom. The maximum atomic E-state index is 13.6. The Balaban J connectivity index is 3.12. The highest BCUT2D eigenvalue weighted by molar-refractivity contribution is 6.29. The molecule has 1 aromatic carbocycles. The number of amides is 1. The maximum Gasteiger partial charge on any atom is 0.308 e. The average molecular weight is 277 g/mol. The van der Waals surface area contributed by atoms with Crippen molar-refractivity contribution in [2.45, 2.75) is 0 Å². The number of nitro benzene ring substituents is 1. The smallest absolute Gasteiger partial charge is 0.308 e. The van der Waals surface area contributed by atoms with Crippen LogP contribution in [0.4, 0.5) is 14.5 Å². The number of nitrogens with one attached hydrogen (secondary N) is 1. The molecule has 0 radical (unpaired) electrons. The monoisotopic (exact) mass is 276 g/mol. The highest BCUT2D eigenvalue weighted by Gasteiger charge is 2.23. The minimum absolute atomic E-state index is 0.0784. The van der Waals surface area contributed by atoms with E-state index < -0.39 is 33.7 Å². The van der Waals surface area contributed by atoms with Gasteiger partial charge in [-0.2, -0.15) is 4.39 Å². The molecular weight excluding hydrogens is 270 g/mol. The lowest BCUT2D eigenvalue weighted by atomic mass is 10.1. The summed E-state index contributed by atoms with van der Waals surface area (Å²) < 4.78 is 26.6. The van der Waals surface area contributed by atoms with Crippen molar-refractivity contribution in [3.05, 3.63) is 51.1 Å². The number of nitro groups is 1. The van der Waals surface area contributed by atoms with Crippen molar-refractivity contribution in [2.24, 2.45) is 0 Å². The van der Waals surface area contributed by atoms with Crippen LogP contribution in [0.25, 0.3) is 0 Å². The fourth-order valence-electron chi connectivity index (χ4n) is 1.14. The molecule has 0 heterocycles. The third-order valence-corrected chi connectivity index (χ3v) is 2.03. The predicted molar refractivity (Wildman–Crippen MR) is 60.3 cm³/mol. The molecule has 18 heavy (non-hydrogen) atoms. The Hall–Kier alpha value is -2.02. The summed E-state index contributed by atoms with van der Waals surface area (Å²) in [5.74, 6) is -3.51. The van der Waals surface area contributed by atoms with Gasteiger partial charge in [0.2, 0.25) is 5.82 Å². The van der Waals surface area contributed by atoms with E-state index >= 15 is 0 Å². The fraction of sp³-hybridized carbons (Fsp3) is 0.100. The molecule has 0 atom stereocenters. The minimum atomic E-state index is -1.40. The molecule has 96 valence electrons. The van der Waals surface area contributed by atoms with Crippen molar-refractivity contribution in [1.82, 2.24) is 5.32 Å². The standard InChI is InChI=1S/C10H7ClF2N2O3/c1-5(11)4-14-10(16)7-2-6(12)3-8(9(7)13)15(17)18/h2-3H,1,4H2,(H,14,16). The molecule has 5 nitrogen and oxygen atoms in total. The number of nitrogens with zero attached hydrogens (tertiary/aromatic N) is 1. The van der Waals surface area contributed by atoms with Crippen LogP contribution in [-0.4, -0.2) is 17.4 Å². The van der Waals surface area contributed by atoms with Crippen LogP contribution >= 0.6 is 11.6 Å². The third-order valence-electron chi connectivity index (χ3n) is 1.90. The molecule has 0 saturated carbocycles. The molecule has 1 rings (SSSR count). The number of hydrogen-bond donors (Lipinski definition) is 1. The number of benzene rings is 1. The molecule has 0 aliphatic carbocycles. The lowest BCUT2D eigenvalue weighted by Gasteiger charge is -2.05. The zero-order valence-electron chi connectivity index (χ0n) is 8.87. The first-order chi connectivity index (χ1) is 8.32. The van der Waals surface area contributed by atoms with Crippen molar-refractivity contribution in [2.75, 3.05) is 6.54 Å². The molecule has 0 saturated heterocycles. The summed E-state index contributed by atoms with van der Waals surface area (Å²) in [4.78, 5) is 20.8. The quantitative estimate of drug-likeness (QED) is 0.678. The van der Waals surface area contributed by atoms with E-state index in [9.17, 15) is 23.7 Å². The van der Waals surface area contributed by atoms with Crippen LogP contribution in [-0.2, 0) is 0 Å². The number of carbonyl (C=O) groups is 1. The molecule has 0 aliphatic heterocycles. The molecular formula is C10H7ClF2N2O3. The van der Waals surface area contributed by atoms with Gasteiger partial charge in [0.25, 0.3) is 5.91 Å². The number of halogens is 3. The summed E-state index contributed by atoms with van der Waals surface area (Å²) in [7, 11) is 0. The van der Waals surface area contributed by atoms with E-state index in [1.165, 1.54) is 0 Å². The van der Waals surface area contributed by atoms with Crippen LogP contribution in [0.3, 0.4) is 0 Å². The minimum Gasteiger partial charge on any atom is -0.347 e. The second kappa shape index (κ2) is 5.54. The van der Waals surface area contributed by atoms with E-state index in [0.717, 1.165) is 0 Å². The Labute approximate surface area is 105 Å². The Kier molecular flexibility index (Phi) is 4.33. The summed E-state index contributed by atoms with van der Waals surface area (Å²) in [6.07, 6.45) is 0. The van der Waals surface area contributed by atoms with E-state index in [-0.39, 0.29) is 11.6 Å². The van der Waals surface area contributed by atoms with Crippen LogP contribution < -0.4 is 5.32 Å². The first-order valence-electron chi connectivity index (χ1n) is 4.58. The molecule has 0 fully saturated rings. The molecule has 1 N–H and O–H groups in total. The van der Waals surface area contributed by atoms with Crippen molar-refractivity contribution in [3.8, 4) is 0 Å². The van der Waals surface area contributed by atoms with Gasteiger partial charge in [-0.15, -0.1) is 0 Å². The van der Waals surface area contributed by atoms with Crippen LogP contribution in [0.1, 0.15) is 10.4 Å². The zero-order valence-corrected chi connectivity index (χ0v) is 9.63. The average Bonchev–Trinajstić information content (AvgIpc) is 2.28. The van der Waals surface area contributed by atoms with Gasteiger partial charge in [-0.25, -0.2) is 4.39 Å². The van der Waals surface area contributed by atoms with Crippen LogP contribution in [0.15, 0.2) is 23.7 Å². The van der Waals surface area contributed by atoms with Gasteiger partial charge < -0.3 is 5.32 Å². The molecule has 0 unspecified atom stereocenters. The van der Waals surface area contributed by atoms with Crippen LogP contribution in [0.5, 0.6) is 0 Å². The summed E-state index contributed by atoms with van der Waals surface area (Å²) in [5, 5.41) is 12.7. The zero-order chi connectivity index (χ0) is 13.9. The summed E-state index contributed by atoms with van der Waals surface area (Å²) in [6.45, 7) is 3.12. The van der Waals surface area contributed by atoms with Gasteiger partial charge in [0.1, 0.15) is 5.82 Å². The van der Waals surface area contributed by atoms with Gasteiger partial charge in [0.05, 0.1) is 23.1 Å². The van der Waals surface area contributed by atoms with E-state index in [1.807, 2.05) is 0 Å². The fourth-order valence-corrected chi connectivity index (χ4v) is 1.21. The van der Waals surface area contributed by atoms with Gasteiger partial charge >= 0.3 is 5.69 Å². The molecule has 0 aliphatic rings. The van der Waals surface area contributed by atoms with E-state index in [2.05, 4.69) is 11.9 Å². The SMILES string of the molecule is C=C(Cl)CNC(=O)c1cc(F)cc([N+](=O)[O-])c1F. The first kappa shape index (κ1) is 14.0. The Morgan fingerprint density at radius 3 is 2.61 bits per heavy atom. The molecule has 8 heteroatoms. The first-order valence-corrected chi connectivity index (χ1v) is 4.95.